The van der Waals surface area contributed by atoms with Gasteiger partial charge in [0.1, 0.15) is 0 Å². The first-order chi connectivity index (χ1) is 13.9. The summed E-state index contributed by atoms with van der Waals surface area (Å²) >= 11 is 0. The van der Waals surface area contributed by atoms with Gasteiger partial charge in [-0.1, -0.05) is 36.4 Å². The van der Waals surface area contributed by atoms with Crippen LogP contribution in [-0.4, -0.2) is 56.4 Å². The number of guanidine groups is 1. The molecule has 0 heterocycles. The van der Waals surface area contributed by atoms with Gasteiger partial charge in [0.15, 0.2) is 5.96 Å². The molecule has 0 radical (unpaired) electrons. The molecule has 2 aromatic rings. The Morgan fingerprint density at radius 3 is 2.17 bits per heavy atom. The highest BCUT2D eigenvalue weighted by Gasteiger charge is 2.07. The zero-order valence-corrected chi connectivity index (χ0v) is 18.2. The largest absolute Gasteiger partial charge is 0.357 e. The molecule has 0 aliphatic heterocycles. The van der Waals surface area contributed by atoms with Crippen molar-refractivity contribution in [2.24, 2.45) is 4.99 Å². The van der Waals surface area contributed by atoms with Crippen LogP contribution in [0.1, 0.15) is 34.0 Å². The summed E-state index contributed by atoms with van der Waals surface area (Å²) in [6.07, 6.45) is 0. The lowest BCUT2D eigenvalue weighted by molar-refractivity contribution is 0.0827. The number of aliphatic imine (C=N–C) groups is 1. The topological polar surface area (TPSA) is 60.0 Å². The molecule has 1 amide bonds. The number of hydrogen-bond acceptors (Lipinski definition) is 3. The van der Waals surface area contributed by atoms with Crippen LogP contribution < -0.4 is 10.6 Å². The van der Waals surface area contributed by atoms with Crippen molar-refractivity contribution >= 4 is 11.9 Å². The lowest BCUT2D eigenvalue weighted by Gasteiger charge is -2.16. The van der Waals surface area contributed by atoms with E-state index >= 15 is 0 Å². The molecule has 6 nitrogen and oxygen atoms in total. The Balaban J connectivity index is 2.02. The Bertz CT molecular complexity index is 812. The number of benzene rings is 2. The monoisotopic (exact) mass is 395 g/mol. The smallest absolute Gasteiger partial charge is 0.253 e. The van der Waals surface area contributed by atoms with Crippen molar-refractivity contribution in [2.75, 3.05) is 34.7 Å². The van der Waals surface area contributed by atoms with E-state index in [1.807, 2.05) is 24.3 Å². The molecule has 0 spiro atoms. The highest BCUT2D eigenvalue weighted by atomic mass is 16.2. The molecule has 0 bridgehead atoms. The van der Waals surface area contributed by atoms with Gasteiger partial charge in [-0.05, 0) is 49.8 Å². The molecule has 2 rings (SSSR count). The van der Waals surface area contributed by atoms with Crippen molar-refractivity contribution in [3.63, 3.8) is 0 Å². The van der Waals surface area contributed by atoms with Gasteiger partial charge in [0.2, 0.25) is 0 Å². The van der Waals surface area contributed by atoms with Crippen molar-refractivity contribution in [1.82, 2.24) is 20.4 Å². The van der Waals surface area contributed by atoms with E-state index in [1.54, 1.807) is 19.0 Å². The quantitative estimate of drug-likeness (QED) is 0.533. The Labute approximate surface area is 174 Å². The fourth-order valence-corrected chi connectivity index (χ4v) is 2.93. The number of hydrogen-bond donors (Lipinski definition) is 2. The molecule has 2 aromatic carbocycles. The summed E-state index contributed by atoms with van der Waals surface area (Å²) in [6, 6.07) is 16.1. The number of nitrogens with one attached hydrogen (secondary N) is 2. The first-order valence-electron chi connectivity index (χ1n) is 9.95. The molecule has 0 unspecified atom stereocenters. The van der Waals surface area contributed by atoms with Gasteiger partial charge in [0, 0.05) is 39.3 Å². The molecule has 6 heteroatoms. The Kier molecular flexibility index (Phi) is 8.68. The zero-order chi connectivity index (χ0) is 21.2. The van der Waals surface area contributed by atoms with Crippen LogP contribution in [0.5, 0.6) is 0 Å². The van der Waals surface area contributed by atoms with Crippen molar-refractivity contribution < 1.29 is 4.79 Å². The number of amides is 1. The fourth-order valence-electron chi connectivity index (χ4n) is 2.93. The average Bonchev–Trinajstić information content (AvgIpc) is 2.70. The molecule has 0 saturated heterocycles. The van der Waals surface area contributed by atoms with Crippen LogP contribution in [0, 0.1) is 0 Å². The Hall–Kier alpha value is -2.86. The van der Waals surface area contributed by atoms with E-state index in [9.17, 15) is 4.79 Å². The van der Waals surface area contributed by atoms with Gasteiger partial charge in [0.05, 0.1) is 6.54 Å². The molecular weight excluding hydrogens is 362 g/mol. The van der Waals surface area contributed by atoms with Crippen LogP contribution in [0.4, 0.5) is 0 Å². The fraction of sp³-hybridized carbons (Fsp3) is 0.391. The summed E-state index contributed by atoms with van der Waals surface area (Å²) in [6.45, 7) is 5.01. The summed E-state index contributed by atoms with van der Waals surface area (Å²) in [5.41, 5.74) is 4.32. The minimum absolute atomic E-state index is 0.00597. The van der Waals surface area contributed by atoms with Gasteiger partial charge in [-0.25, -0.2) is 4.99 Å². The van der Waals surface area contributed by atoms with E-state index in [0.29, 0.717) is 18.7 Å². The third-order valence-corrected chi connectivity index (χ3v) is 4.42. The van der Waals surface area contributed by atoms with Crippen LogP contribution in [0.3, 0.4) is 0 Å². The lowest BCUT2D eigenvalue weighted by Crippen LogP contribution is -2.37. The molecule has 0 aliphatic rings. The Morgan fingerprint density at radius 2 is 1.59 bits per heavy atom. The molecular formula is C23H33N5O. The SMILES string of the molecule is CCNC(=NCc1ccc(C(=O)N(C)C)cc1)NCc1ccccc1CN(C)C. The molecule has 0 aliphatic carbocycles. The van der Waals surface area contributed by atoms with Gasteiger partial charge in [-0.3, -0.25) is 4.79 Å². The summed E-state index contributed by atoms with van der Waals surface area (Å²) in [5, 5.41) is 6.72. The van der Waals surface area contributed by atoms with Gasteiger partial charge < -0.3 is 20.4 Å². The van der Waals surface area contributed by atoms with Gasteiger partial charge in [0.25, 0.3) is 5.91 Å². The number of nitrogens with zero attached hydrogens (tertiary/aromatic N) is 3. The van der Waals surface area contributed by atoms with Crippen LogP contribution in [0.2, 0.25) is 0 Å². The second-order valence-corrected chi connectivity index (χ2v) is 7.45. The molecule has 29 heavy (non-hydrogen) atoms. The van der Waals surface area contributed by atoms with Crippen molar-refractivity contribution in [1.29, 1.82) is 0 Å². The zero-order valence-electron chi connectivity index (χ0n) is 18.2. The number of carbonyl (C=O) groups excluding carboxylic acids is 1. The lowest BCUT2D eigenvalue weighted by atomic mass is 10.1. The normalized spacial score (nSPS) is 11.4. The molecule has 0 saturated carbocycles. The predicted octanol–water partition coefficient (Wildman–Crippen LogP) is 2.71. The first kappa shape index (κ1) is 22.4. The number of carbonyl (C=O) groups is 1. The summed E-state index contributed by atoms with van der Waals surface area (Å²) < 4.78 is 0. The molecule has 2 N–H and O–H groups in total. The van der Waals surface area contributed by atoms with E-state index in [0.717, 1.165) is 24.6 Å². The summed E-state index contributed by atoms with van der Waals surface area (Å²) in [7, 11) is 7.66. The maximum atomic E-state index is 12.0. The summed E-state index contributed by atoms with van der Waals surface area (Å²) in [5.74, 6) is 0.784. The van der Waals surface area contributed by atoms with Crippen LogP contribution in [0.25, 0.3) is 0 Å². The van der Waals surface area contributed by atoms with E-state index in [2.05, 4.69) is 65.8 Å². The first-order valence-corrected chi connectivity index (χ1v) is 9.95. The van der Waals surface area contributed by atoms with E-state index in [4.69, 9.17) is 0 Å². The predicted molar refractivity (Wildman–Crippen MR) is 120 cm³/mol. The van der Waals surface area contributed by atoms with E-state index < -0.39 is 0 Å². The van der Waals surface area contributed by atoms with E-state index in [-0.39, 0.29) is 5.91 Å². The second-order valence-electron chi connectivity index (χ2n) is 7.45. The maximum Gasteiger partial charge on any atom is 0.253 e. The molecule has 0 atom stereocenters. The highest BCUT2D eigenvalue weighted by molar-refractivity contribution is 5.93. The highest BCUT2D eigenvalue weighted by Crippen LogP contribution is 2.11. The Morgan fingerprint density at radius 1 is 0.931 bits per heavy atom. The van der Waals surface area contributed by atoms with Gasteiger partial charge in [-0.15, -0.1) is 0 Å². The van der Waals surface area contributed by atoms with Crippen LogP contribution in [0.15, 0.2) is 53.5 Å². The second kappa shape index (κ2) is 11.2. The molecule has 0 fully saturated rings. The molecule has 0 aromatic heterocycles. The van der Waals surface area contributed by atoms with E-state index in [1.165, 1.54) is 11.1 Å². The van der Waals surface area contributed by atoms with Gasteiger partial charge >= 0.3 is 0 Å². The minimum Gasteiger partial charge on any atom is -0.357 e. The molecule has 156 valence electrons. The third-order valence-electron chi connectivity index (χ3n) is 4.42. The van der Waals surface area contributed by atoms with Crippen molar-refractivity contribution in [3.05, 3.63) is 70.8 Å². The van der Waals surface area contributed by atoms with Crippen molar-refractivity contribution in [3.8, 4) is 0 Å². The van der Waals surface area contributed by atoms with Crippen LogP contribution in [-0.2, 0) is 19.6 Å². The number of rotatable bonds is 8. The average molecular weight is 396 g/mol. The maximum absolute atomic E-state index is 12.0. The standard InChI is InChI=1S/C23H33N5O/c1-6-24-23(26-16-20-9-7-8-10-21(20)17-27(2)3)25-15-18-11-13-19(14-12-18)22(29)28(4)5/h7-14H,6,15-17H2,1-5H3,(H2,24,25,26). The third kappa shape index (κ3) is 7.23. The van der Waals surface area contributed by atoms with Gasteiger partial charge in [-0.2, -0.15) is 0 Å². The summed E-state index contributed by atoms with van der Waals surface area (Å²) in [4.78, 5) is 20.4. The minimum atomic E-state index is 0.00597. The van der Waals surface area contributed by atoms with Crippen molar-refractivity contribution in [2.45, 2.75) is 26.6 Å². The van der Waals surface area contributed by atoms with Crippen LogP contribution >= 0.6 is 0 Å².